The van der Waals surface area contributed by atoms with Crippen molar-refractivity contribution in [2.24, 2.45) is 0 Å². The van der Waals surface area contributed by atoms with Gasteiger partial charge in [0.05, 0.1) is 16.7 Å². The quantitative estimate of drug-likeness (QED) is 0.0247. The molecule has 0 amide bonds. The summed E-state index contributed by atoms with van der Waals surface area (Å²) in [5.41, 5.74) is 5.24. The highest BCUT2D eigenvalue weighted by Gasteiger charge is 2.33. The first-order valence-corrected chi connectivity index (χ1v) is 26.7. The Bertz CT molecular complexity index is 2820. The van der Waals surface area contributed by atoms with E-state index in [1.54, 1.807) is 60.7 Å². The number of phenols is 2. The van der Waals surface area contributed by atoms with E-state index in [2.05, 4.69) is 43.6 Å². The van der Waals surface area contributed by atoms with Gasteiger partial charge in [0.2, 0.25) is 0 Å². The molecule has 0 saturated carbocycles. The number of ether oxygens (including phenoxy) is 2. The molecule has 77 heavy (non-hydrogen) atoms. The number of unbranched alkanes of at least 4 members (excludes halogenated alkanes) is 4. The van der Waals surface area contributed by atoms with Crippen LogP contribution < -0.4 is 25.5 Å². The number of phenolic OH excluding ortho intramolecular Hbond substituents is 2. The van der Waals surface area contributed by atoms with Gasteiger partial charge in [-0.1, -0.05) is 120 Å². The summed E-state index contributed by atoms with van der Waals surface area (Å²) < 4.78 is 11.3. The van der Waals surface area contributed by atoms with Crippen LogP contribution in [0.5, 0.6) is 23.0 Å². The summed E-state index contributed by atoms with van der Waals surface area (Å²) in [6, 6.07) is 35.1. The third-order valence-corrected chi connectivity index (χ3v) is 13.2. The molecule has 6 aromatic rings. The van der Waals surface area contributed by atoms with E-state index >= 15 is 0 Å². The van der Waals surface area contributed by atoms with Crippen LogP contribution in [0.1, 0.15) is 151 Å². The first-order valence-electron chi connectivity index (χ1n) is 26.7. The van der Waals surface area contributed by atoms with E-state index in [9.17, 15) is 39.8 Å². The van der Waals surface area contributed by atoms with E-state index in [0.717, 1.165) is 113 Å². The molecule has 1 atom stereocenters. The zero-order valence-corrected chi connectivity index (χ0v) is 44.7. The van der Waals surface area contributed by atoms with Crippen molar-refractivity contribution in [1.29, 1.82) is 0 Å². The topological polar surface area (TPSA) is 238 Å². The Hall–Kier alpha value is -7.14. The molecule has 2 heterocycles. The fraction of sp³-hybridized carbons (Fsp3) is 0.350. The number of rotatable bonds is 21. The summed E-state index contributed by atoms with van der Waals surface area (Å²) >= 11 is 0. The maximum Gasteiger partial charge on any atom is 0.488 e. The molecular weight excluding hydrogens is 978 g/mol. The molecule has 0 aliphatic carbocycles. The van der Waals surface area contributed by atoms with Crippen LogP contribution in [0.15, 0.2) is 127 Å². The van der Waals surface area contributed by atoms with Crippen molar-refractivity contribution in [2.45, 2.75) is 97.8 Å². The van der Waals surface area contributed by atoms with Crippen molar-refractivity contribution < 1.29 is 64.4 Å². The summed E-state index contributed by atoms with van der Waals surface area (Å²) in [6.07, 6.45) is 11.2. The predicted molar refractivity (Wildman–Crippen MR) is 304 cm³/mol. The van der Waals surface area contributed by atoms with Crippen molar-refractivity contribution in [2.75, 3.05) is 49.2 Å². The molecule has 1 saturated heterocycles. The van der Waals surface area contributed by atoms with Gasteiger partial charge in [-0.2, -0.15) is 0 Å². The Balaban J connectivity index is 0.000000227. The first-order chi connectivity index (χ1) is 37.1. The van der Waals surface area contributed by atoms with Crippen LogP contribution in [0.2, 0.25) is 0 Å². The lowest BCUT2D eigenvalue weighted by Crippen LogP contribution is -2.30. The smallest absolute Gasteiger partial charge is 0.488 e. The summed E-state index contributed by atoms with van der Waals surface area (Å²) in [5.74, 6) is -1.95. The molecule has 17 heteroatoms. The minimum atomic E-state index is -1.63. The number of benzene rings is 6. The number of carboxylic acids is 2. The molecule has 0 spiro atoms. The zero-order chi connectivity index (χ0) is 55.9. The third-order valence-electron chi connectivity index (χ3n) is 13.2. The summed E-state index contributed by atoms with van der Waals surface area (Å²) in [7, 11) is -3.13. The van der Waals surface area contributed by atoms with E-state index < -0.39 is 32.0 Å². The van der Waals surface area contributed by atoms with Crippen LogP contribution in [0.3, 0.4) is 0 Å². The van der Waals surface area contributed by atoms with Crippen LogP contribution >= 0.6 is 0 Å². The van der Waals surface area contributed by atoms with Crippen molar-refractivity contribution in [3.8, 4) is 23.0 Å². The average molecular weight is 1050 g/mol. The van der Waals surface area contributed by atoms with Crippen LogP contribution in [0.25, 0.3) is 0 Å². The van der Waals surface area contributed by atoms with Crippen LogP contribution in [-0.2, 0) is 4.74 Å². The Morgan fingerprint density at radius 3 is 1.47 bits per heavy atom. The third kappa shape index (κ3) is 17.4. The number of carbonyl (C=O) groups is 3. The molecule has 2 aliphatic heterocycles. The highest BCUT2D eigenvalue weighted by atomic mass is 16.5. The number of hydrogen-bond acceptors (Lipinski definition) is 13. The van der Waals surface area contributed by atoms with Gasteiger partial charge in [0.25, 0.3) is 0 Å². The molecule has 15 nitrogen and oxygen atoms in total. The molecule has 2 aliphatic rings. The van der Waals surface area contributed by atoms with Gasteiger partial charge in [-0.3, -0.25) is 4.79 Å². The predicted octanol–water partition coefficient (Wildman–Crippen LogP) is 9.35. The molecule has 1 unspecified atom stereocenters. The number of aromatic carboxylic acids is 2. The SMILES string of the molecule is C1CCOC1.CCCCN(CCCC)c1ccc(C(=O)c2ccccc2C(=O)O)c(O)c1.CCCCN(CCCC)c1ccc2c(c1)Oc1cc(B(O)O)ccc1C2c1ccccc1C(=O)O.OB(O)c1cccc(O)c1. The number of nitrogens with zero attached hydrogens (tertiary/aromatic N) is 2. The number of fused-ring (bicyclic) bond motifs is 2. The Labute approximate surface area is 453 Å². The van der Waals surface area contributed by atoms with Gasteiger partial charge in [0.15, 0.2) is 5.78 Å². The number of carbonyl (C=O) groups excluding carboxylic acids is 1. The summed E-state index contributed by atoms with van der Waals surface area (Å²) in [4.78, 5) is 40.8. The van der Waals surface area contributed by atoms with Crippen LogP contribution in [-0.4, -0.2) is 112 Å². The van der Waals surface area contributed by atoms with Gasteiger partial charge >= 0.3 is 26.2 Å². The van der Waals surface area contributed by atoms with Crippen LogP contribution in [0.4, 0.5) is 11.4 Å². The fourth-order valence-corrected chi connectivity index (χ4v) is 8.90. The lowest BCUT2D eigenvalue weighted by atomic mass is 9.76. The number of anilines is 2. The van der Waals surface area contributed by atoms with E-state index in [4.69, 9.17) is 24.6 Å². The number of aromatic hydroxyl groups is 2. The van der Waals surface area contributed by atoms with Crippen molar-refractivity contribution >= 4 is 54.3 Å². The second-order valence-electron chi connectivity index (χ2n) is 18.9. The Morgan fingerprint density at radius 1 is 0.506 bits per heavy atom. The number of hydrogen-bond donors (Lipinski definition) is 8. The zero-order valence-electron chi connectivity index (χ0n) is 44.7. The lowest BCUT2D eigenvalue weighted by Gasteiger charge is -2.32. The molecule has 408 valence electrons. The average Bonchev–Trinajstić information content (AvgIpc) is 4.04. The summed E-state index contributed by atoms with van der Waals surface area (Å²) in [5, 5.41) is 75.1. The van der Waals surface area contributed by atoms with E-state index in [-0.39, 0.29) is 39.7 Å². The molecule has 8 rings (SSSR count). The fourth-order valence-electron chi connectivity index (χ4n) is 8.90. The maximum absolute atomic E-state index is 12.8. The monoisotopic (exact) mass is 1050 g/mol. The molecule has 0 radical (unpaired) electrons. The van der Waals surface area contributed by atoms with Gasteiger partial charge in [-0.15, -0.1) is 0 Å². The minimum Gasteiger partial charge on any atom is -0.508 e. The van der Waals surface area contributed by atoms with Gasteiger partial charge in [0.1, 0.15) is 23.0 Å². The number of carboxylic acid groups (broad SMARTS) is 2. The minimum absolute atomic E-state index is 0.0330. The second kappa shape index (κ2) is 31.2. The summed E-state index contributed by atoms with van der Waals surface area (Å²) in [6.45, 7) is 14.3. The largest absolute Gasteiger partial charge is 0.508 e. The standard InChI is InChI=1S/C28H32BNO5.C22H27NO4.C6H7BO3.C4H8O/c1-3-5-15-30(16-6-4-2)20-12-14-24-26(18-20)35-25-17-19(29(33)34)11-13-23(25)27(24)21-9-7-8-10-22(21)28(31)32;1-3-5-13-23(14-6-4-2)16-11-12-19(20(24)15-16)21(25)17-9-7-8-10-18(17)22(26)27;8-6-3-1-2-5(4-6)7(9)10;1-2-4-5-3-1/h7-14,17-18,27,33-34H,3-6,15-16H2,1-2H3,(H,31,32);7-12,15,24H,3-6,13-14H2,1-2H3,(H,26,27);1-4,8-10H;1-4H2. The van der Waals surface area contributed by atoms with Gasteiger partial charge in [-0.05, 0) is 104 Å². The highest BCUT2D eigenvalue weighted by Crippen LogP contribution is 2.49. The second-order valence-corrected chi connectivity index (χ2v) is 18.9. The molecule has 8 N–H and O–H groups in total. The van der Waals surface area contributed by atoms with Gasteiger partial charge < -0.3 is 59.8 Å². The van der Waals surface area contributed by atoms with Gasteiger partial charge in [-0.25, -0.2) is 9.59 Å². The van der Waals surface area contributed by atoms with E-state index in [1.165, 1.54) is 43.2 Å². The normalized spacial score (nSPS) is 12.9. The maximum atomic E-state index is 12.8. The lowest BCUT2D eigenvalue weighted by molar-refractivity contribution is 0.0684. The van der Waals surface area contributed by atoms with Crippen molar-refractivity contribution in [3.05, 3.63) is 166 Å². The molecular formula is C60H74B2N2O13. The van der Waals surface area contributed by atoms with Gasteiger partial charge in [0, 0.05) is 85.5 Å². The van der Waals surface area contributed by atoms with E-state index in [1.807, 2.05) is 30.3 Å². The van der Waals surface area contributed by atoms with Crippen molar-refractivity contribution in [3.63, 3.8) is 0 Å². The first kappa shape index (κ1) is 60.7. The molecule has 0 aromatic heterocycles. The van der Waals surface area contributed by atoms with Crippen LogP contribution in [0, 0.1) is 0 Å². The Morgan fingerprint density at radius 2 is 0.987 bits per heavy atom. The molecule has 6 aromatic carbocycles. The van der Waals surface area contributed by atoms with E-state index in [0.29, 0.717) is 28.0 Å². The Kier molecular flexibility index (Phi) is 24.6. The number of ketones is 1. The molecule has 0 bridgehead atoms. The highest BCUT2D eigenvalue weighted by molar-refractivity contribution is 6.59. The molecule has 1 fully saturated rings. The van der Waals surface area contributed by atoms with Crippen molar-refractivity contribution in [1.82, 2.24) is 0 Å².